The van der Waals surface area contributed by atoms with Crippen LogP contribution in [0.2, 0.25) is 0 Å². The Morgan fingerprint density at radius 1 is 0.347 bits per heavy atom. The molecule has 7 nitrogen and oxygen atoms in total. The third-order valence-corrected chi connectivity index (χ3v) is 12.4. The minimum atomic E-state index is 0.839. The van der Waals surface area contributed by atoms with Gasteiger partial charge in [0, 0.05) is 117 Å². The minimum absolute atomic E-state index is 0.839. The van der Waals surface area contributed by atoms with Crippen LogP contribution in [0.15, 0.2) is 199 Å². The Hall–Kier alpha value is -7.55. The number of nitrogens with zero attached hydrogens (tertiary/aromatic N) is 4. The highest BCUT2D eigenvalue weighted by Gasteiger charge is 2.05. The van der Waals surface area contributed by atoms with Crippen molar-refractivity contribution >= 4 is 67.4 Å². The van der Waals surface area contributed by atoms with Gasteiger partial charge >= 0.3 is 0 Å². The summed E-state index contributed by atoms with van der Waals surface area (Å²) in [6.07, 6.45) is 2.09. The van der Waals surface area contributed by atoms with E-state index in [1.807, 2.05) is 103 Å². The summed E-state index contributed by atoms with van der Waals surface area (Å²) in [6, 6.07) is 66.7. The molecule has 0 unspecified atom stereocenters. The van der Waals surface area contributed by atoms with E-state index >= 15 is 0 Å². The number of nitrogens with two attached hydrogens (primary N) is 2. The van der Waals surface area contributed by atoms with Crippen LogP contribution in [0.1, 0.15) is 22.3 Å². The van der Waals surface area contributed by atoms with Gasteiger partial charge in [0.15, 0.2) is 0 Å². The zero-order valence-corrected chi connectivity index (χ0v) is 46.1. The van der Waals surface area contributed by atoms with E-state index < -0.39 is 0 Å². The second-order valence-corrected chi connectivity index (χ2v) is 19.2. The Balaban J connectivity index is 0.000000190. The van der Waals surface area contributed by atoms with Crippen LogP contribution in [0, 0.1) is 27.7 Å². The third kappa shape index (κ3) is 18.0. The number of ether oxygens (including phenoxy) is 1. The fraction of sp³-hybridized carbons (Fsp3) is 0.219. The maximum atomic E-state index is 5.91. The molecule has 9 aromatic rings. The van der Waals surface area contributed by atoms with Crippen molar-refractivity contribution in [2.75, 3.05) is 101 Å². The van der Waals surface area contributed by atoms with Gasteiger partial charge in [0.05, 0.1) is 7.11 Å². The van der Waals surface area contributed by atoms with Gasteiger partial charge in [0.2, 0.25) is 0 Å². The molecular weight excluding hydrogens is 901 g/mol. The summed E-state index contributed by atoms with van der Waals surface area (Å²) in [4.78, 5) is 9.74. The van der Waals surface area contributed by atoms with Crippen molar-refractivity contribution in [3.05, 3.63) is 216 Å². The highest BCUT2D eigenvalue weighted by atomic mass is 32.2. The molecule has 0 aromatic heterocycles. The molecule has 0 bridgehead atoms. The van der Waals surface area contributed by atoms with Gasteiger partial charge < -0.3 is 35.8 Å². The molecule has 8 heteroatoms. The summed E-state index contributed by atoms with van der Waals surface area (Å²) in [7, 11) is 18.0. The Bertz CT molecular complexity index is 2880. The molecule has 4 N–H and O–H groups in total. The number of hydrogen-bond acceptors (Lipinski definition) is 8. The first-order valence-corrected chi connectivity index (χ1v) is 25.3. The van der Waals surface area contributed by atoms with E-state index in [0.29, 0.717) is 0 Å². The van der Waals surface area contributed by atoms with E-state index in [1.165, 1.54) is 71.8 Å². The van der Waals surface area contributed by atoms with Gasteiger partial charge in [-0.2, -0.15) is 0 Å². The topological polar surface area (TPSA) is 74.2 Å². The lowest BCUT2D eigenvalue weighted by Gasteiger charge is -2.16. The lowest BCUT2D eigenvalue weighted by Crippen LogP contribution is -2.09. The van der Waals surface area contributed by atoms with Gasteiger partial charge in [-0.15, -0.1) is 11.8 Å². The zero-order chi connectivity index (χ0) is 52.7. The van der Waals surface area contributed by atoms with Crippen LogP contribution in [-0.2, 0) is 0 Å². The Morgan fingerprint density at radius 3 is 1.14 bits per heavy atom. The lowest BCUT2D eigenvalue weighted by atomic mass is 10.0. The Labute approximate surface area is 436 Å². The molecule has 0 saturated carbocycles. The second-order valence-electron chi connectivity index (χ2n) is 18.3. The van der Waals surface area contributed by atoms with Crippen molar-refractivity contribution in [1.29, 1.82) is 0 Å². The predicted octanol–water partition coefficient (Wildman–Crippen LogP) is 15.5. The molecule has 0 aliphatic heterocycles. The molecule has 376 valence electrons. The maximum absolute atomic E-state index is 5.91. The number of benzene rings is 9. The number of thioether (sulfide) groups is 1. The van der Waals surface area contributed by atoms with E-state index in [2.05, 4.69) is 201 Å². The van der Waals surface area contributed by atoms with Crippen molar-refractivity contribution in [2.24, 2.45) is 0 Å². The normalized spacial score (nSPS) is 9.97. The van der Waals surface area contributed by atoms with Gasteiger partial charge in [-0.05, 0) is 118 Å². The summed E-state index contributed by atoms with van der Waals surface area (Å²) in [5.41, 5.74) is 26.1. The molecule has 0 fully saturated rings. The van der Waals surface area contributed by atoms with Gasteiger partial charge in [-0.1, -0.05) is 144 Å². The van der Waals surface area contributed by atoms with E-state index in [1.54, 1.807) is 18.9 Å². The fourth-order valence-electron chi connectivity index (χ4n) is 7.29. The average Bonchev–Trinajstić information content (AvgIpc) is 3.38. The Morgan fingerprint density at radius 2 is 0.694 bits per heavy atom. The molecule has 0 spiro atoms. The number of hydrogen-bond donors (Lipinski definition) is 2. The van der Waals surface area contributed by atoms with E-state index in [0.717, 1.165) is 27.9 Å². The quantitative estimate of drug-likeness (QED) is 0.121. The molecule has 0 amide bonds. The lowest BCUT2D eigenvalue weighted by molar-refractivity contribution is 0.414. The van der Waals surface area contributed by atoms with Crippen LogP contribution in [0.4, 0.5) is 34.1 Å². The molecule has 0 aliphatic carbocycles. The number of nitrogen functional groups attached to an aromatic ring is 2. The van der Waals surface area contributed by atoms with Crippen LogP contribution >= 0.6 is 11.8 Å². The Kier molecular flexibility index (Phi) is 22.9. The van der Waals surface area contributed by atoms with Crippen LogP contribution in [0.25, 0.3) is 32.7 Å². The third-order valence-electron chi connectivity index (χ3n) is 11.7. The monoisotopic (exact) mass is 979 g/mol. The molecule has 0 aliphatic rings. The van der Waals surface area contributed by atoms with Crippen LogP contribution in [0.3, 0.4) is 0 Å². The largest absolute Gasteiger partial charge is 0.497 e. The number of aryl methyl sites for hydroxylation is 4. The molecule has 72 heavy (non-hydrogen) atoms. The van der Waals surface area contributed by atoms with Crippen molar-refractivity contribution in [1.82, 2.24) is 0 Å². The highest BCUT2D eigenvalue weighted by Crippen LogP contribution is 2.30. The van der Waals surface area contributed by atoms with E-state index in [4.69, 9.17) is 16.2 Å². The molecule has 0 heterocycles. The summed E-state index contributed by atoms with van der Waals surface area (Å²) in [6.45, 7) is 8.36. The molecule has 9 rings (SSSR count). The van der Waals surface area contributed by atoms with Crippen LogP contribution in [-0.4, -0.2) is 69.7 Å². The van der Waals surface area contributed by atoms with Crippen LogP contribution in [0.5, 0.6) is 5.75 Å². The summed E-state index contributed by atoms with van der Waals surface area (Å²) < 4.78 is 4.97. The summed E-state index contributed by atoms with van der Waals surface area (Å²) in [5, 5.41) is 4.66. The smallest absolute Gasteiger partial charge is 0.118 e. The number of fused-ring (bicyclic) bond motifs is 2. The van der Waals surface area contributed by atoms with E-state index in [-0.39, 0.29) is 0 Å². The number of anilines is 6. The van der Waals surface area contributed by atoms with Crippen molar-refractivity contribution in [3.8, 4) is 16.9 Å². The highest BCUT2D eigenvalue weighted by molar-refractivity contribution is 7.98. The SMILES string of the molecule is CN(C)c1ccc(N)c2ccccc12.CN(C)c1cccc2c(N)cccc12.COc1ccc(C)cc1.CSc1ccc(C)cc1.Cc1ccc(-c2ccc(N(C)C)cc2)cc1.Cc1ccc(N(C)C)cc1. The molecular formula is C64H78N6OS. The second kappa shape index (κ2) is 29.0. The van der Waals surface area contributed by atoms with Crippen molar-refractivity contribution in [3.63, 3.8) is 0 Å². The first kappa shape index (κ1) is 57.0. The minimum Gasteiger partial charge on any atom is -0.497 e. The number of methoxy groups -OCH3 is 1. The maximum Gasteiger partial charge on any atom is 0.118 e. The number of rotatable bonds is 7. The summed E-state index contributed by atoms with van der Waals surface area (Å²) >= 11 is 1.78. The predicted molar refractivity (Wildman–Crippen MR) is 323 cm³/mol. The van der Waals surface area contributed by atoms with Gasteiger partial charge in [0.1, 0.15) is 5.75 Å². The van der Waals surface area contributed by atoms with Gasteiger partial charge in [-0.25, -0.2) is 0 Å². The fourth-order valence-corrected chi connectivity index (χ4v) is 7.70. The van der Waals surface area contributed by atoms with Crippen LogP contribution < -0.4 is 35.8 Å². The van der Waals surface area contributed by atoms with Gasteiger partial charge in [0.25, 0.3) is 0 Å². The van der Waals surface area contributed by atoms with Gasteiger partial charge in [-0.3, -0.25) is 0 Å². The standard InChI is InChI=1S/C15H17N.2C12H14N2.C9H13N.C8H10O.C8H10S/c1-12-4-6-13(7-5-12)14-8-10-15(11-9-14)16(2)3;1-14(2)12-8-4-5-9-10(12)6-3-7-11(9)13;1-14(2)12-8-7-11(13)9-5-3-4-6-10(9)12;1-8-4-6-9(7-5-8)10(2)3;2*1-7-3-5-8(9-2)6-4-7/h4-11H,1-3H3;2*3-8H,13H2,1-2H3;4-7H,1-3H3;2*3-6H,1-2H3. The first-order chi connectivity index (χ1) is 34.4. The van der Waals surface area contributed by atoms with Crippen molar-refractivity contribution in [2.45, 2.75) is 32.6 Å². The molecule has 0 radical (unpaired) electrons. The average molecular weight is 979 g/mol. The zero-order valence-electron chi connectivity index (χ0n) is 45.2. The first-order valence-electron chi connectivity index (χ1n) is 24.1. The molecule has 0 atom stereocenters. The van der Waals surface area contributed by atoms with E-state index in [9.17, 15) is 0 Å². The molecule has 0 saturated heterocycles. The van der Waals surface area contributed by atoms with Crippen molar-refractivity contribution < 1.29 is 4.74 Å². The molecule has 9 aromatic carbocycles. The summed E-state index contributed by atoms with van der Waals surface area (Å²) in [5.74, 6) is 0.917.